The lowest BCUT2D eigenvalue weighted by Crippen LogP contribution is -2.13. The van der Waals surface area contributed by atoms with Gasteiger partial charge in [0.05, 0.1) is 5.69 Å². The first-order chi connectivity index (χ1) is 14.0. The molecule has 0 aromatic heterocycles. The van der Waals surface area contributed by atoms with Crippen molar-refractivity contribution < 1.29 is 17.9 Å². The zero-order valence-corrected chi connectivity index (χ0v) is 16.0. The highest BCUT2D eigenvalue weighted by molar-refractivity contribution is 7.90. The van der Waals surface area contributed by atoms with Crippen LogP contribution < -0.4 is 10.1 Å². The number of esters is 1. The Balaban J connectivity index is 1.55. The monoisotopic (exact) mass is 404 g/mol. The topological polar surface area (TPSA) is 84.8 Å². The smallest absolute Gasteiger partial charge is 0.336 e. The molecule has 0 atom stereocenters. The first kappa shape index (κ1) is 18.6. The summed E-state index contributed by atoms with van der Waals surface area (Å²) >= 11 is 0. The Morgan fingerprint density at radius 3 is 2.41 bits per heavy atom. The molecule has 0 unspecified atom stereocenters. The molecule has 1 aliphatic rings. The highest BCUT2D eigenvalue weighted by Crippen LogP contribution is 2.30. The summed E-state index contributed by atoms with van der Waals surface area (Å²) in [6.07, 6.45) is 2.99. The van der Waals surface area contributed by atoms with Crippen LogP contribution in [0.4, 0.5) is 5.69 Å². The first-order valence-corrected chi connectivity index (χ1v) is 10.2. The lowest BCUT2D eigenvalue weighted by atomic mass is 10.2. The highest BCUT2D eigenvalue weighted by Gasteiger charge is 2.28. The van der Waals surface area contributed by atoms with Crippen LogP contribution in [0.1, 0.15) is 11.1 Å². The van der Waals surface area contributed by atoms with Crippen molar-refractivity contribution in [2.24, 2.45) is 4.40 Å². The number of carbonyl (C=O) groups excluding carboxylic acids is 1. The average Bonchev–Trinajstić information content (AvgIpc) is 2.99. The third-order valence-electron chi connectivity index (χ3n) is 4.19. The van der Waals surface area contributed by atoms with E-state index in [1.54, 1.807) is 48.5 Å². The van der Waals surface area contributed by atoms with Crippen molar-refractivity contribution in [3.63, 3.8) is 0 Å². The van der Waals surface area contributed by atoms with Gasteiger partial charge in [0.25, 0.3) is 10.0 Å². The molecule has 3 aromatic rings. The highest BCUT2D eigenvalue weighted by atomic mass is 32.2. The Kier molecular flexibility index (Phi) is 4.97. The maximum absolute atomic E-state index is 12.2. The number of benzene rings is 3. The lowest BCUT2D eigenvalue weighted by molar-refractivity contribution is -0.128. The second-order valence-electron chi connectivity index (χ2n) is 6.20. The SMILES string of the molecule is O=C(/C=C/c1ccccc1)Oc1ccccc1NC1=NS(=O)(=O)c2ccccc21. The normalized spacial score (nSPS) is 14.3. The van der Waals surface area contributed by atoms with Gasteiger partial charge in [-0.15, -0.1) is 4.40 Å². The molecule has 0 fully saturated rings. The lowest BCUT2D eigenvalue weighted by Gasteiger charge is -2.11. The Hall–Kier alpha value is -3.71. The molecule has 0 aliphatic carbocycles. The number of rotatable bonds is 4. The van der Waals surface area contributed by atoms with Crippen LogP contribution >= 0.6 is 0 Å². The van der Waals surface area contributed by atoms with Crippen LogP contribution in [0.25, 0.3) is 6.08 Å². The molecule has 0 radical (unpaired) electrons. The molecule has 7 heteroatoms. The van der Waals surface area contributed by atoms with Crippen LogP contribution in [0.2, 0.25) is 0 Å². The fourth-order valence-electron chi connectivity index (χ4n) is 2.85. The van der Waals surface area contributed by atoms with E-state index in [2.05, 4.69) is 9.71 Å². The minimum atomic E-state index is -3.74. The molecule has 1 N–H and O–H groups in total. The van der Waals surface area contributed by atoms with E-state index in [0.29, 0.717) is 11.3 Å². The summed E-state index contributed by atoms with van der Waals surface area (Å²) in [4.78, 5) is 12.4. The van der Waals surface area contributed by atoms with Crippen molar-refractivity contribution in [3.05, 3.63) is 96.1 Å². The van der Waals surface area contributed by atoms with Crippen molar-refractivity contribution in [2.75, 3.05) is 5.32 Å². The molecule has 144 valence electrons. The largest absolute Gasteiger partial charge is 0.421 e. The number of ether oxygens (including phenoxy) is 1. The number of carbonyl (C=O) groups is 1. The molecule has 1 heterocycles. The number of hydrogen-bond acceptors (Lipinski definition) is 5. The molecule has 1 aliphatic heterocycles. The van der Waals surface area contributed by atoms with Gasteiger partial charge in [-0.25, -0.2) is 4.79 Å². The molecule has 0 spiro atoms. The van der Waals surface area contributed by atoms with E-state index in [-0.39, 0.29) is 16.5 Å². The van der Waals surface area contributed by atoms with E-state index < -0.39 is 16.0 Å². The third kappa shape index (κ3) is 4.09. The zero-order valence-electron chi connectivity index (χ0n) is 15.1. The summed E-state index contributed by atoms with van der Waals surface area (Å²) in [6.45, 7) is 0. The quantitative estimate of drug-likeness (QED) is 0.405. The summed E-state index contributed by atoms with van der Waals surface area (Å²) in [5, 5.41) is 2.97. The Morgan fingerprint density at radius 1 is 0.897 bits per heavy atom. The maximum Gasteiger partial charge on any atom is 0.336 e. The van der Waals surface area contributed by atoms with Gasteiger partial charge in [-0.3, -0.25) is 0 Å². The Labute approximate surface area is 168 Å². The number of amidine groups is 1. The number of fused-ring (bicyclic) bond motifs is 1. The van der Waals surface area contributed by atoms with Crippen LogP contribution in [0, 0.1) is 0 Å². The predicted octanol–water partition coefficient (Wildman–Crippen LogP) is 3.87. The van der Waals surface area contributed by atoms with Crippen LogP contribution in [-0.2, 0) is 14.8 Å². The van der Waals surface area contributed by atoms with Gasteiger partial charge in [0.1, 0.15) is 4.90 Å². The van der Waals surface area contributed by atoms with Gasteiger partial charge in [0, 0.05) is 11.6 Å². The van der Waals surface area contributed by atoms with E-state index in [9.17, 15) is 13.2 Å². The number of nitrogens with one attached hydrogen (secondary N) is 1. The average molecular weight is 404 g/mol. The molecule has 29 heavy (non-hydrogen) atoms. The Bertz CT molecular complexity index is 1230. The van der Waals surface area contributed by atoms with Gasteiger partial charge >= 0.3 is 5.97 Å². The second kappa shape index (κ2) is 7.73. The molecular formula is C22H16N2O4S. The number of hydrogen-bond donors (Lipinski definition) is 1. The number of anilines is 1. The summed E-state index contributed by atoms with van der Waals surface area (Å²) in [5.41, 5.74) is 1.77. The predicted molar refractivity (Wildman–Crippen MR) is 111 cm³/mol. The van der Waals surface area contributed by atoms with Crippen molar-refractivity contribution in [1.82, 2.24) is 0 Å². The van der Waals surface area contributed by atoms with Crippen molar-refractivity contribution >= 4 is 33.6 Å². The number of nitrogens with zero attached hydrogens (tertiary/aromatic N) is 1. The summed E-state index contributed by atoms with van der Waals surface area (Å²) in [7, 11) is -3.74. The van der Waals surface area contributed by atoms with Crippen LogP contribution in [-0.4, -0.2) is 20.2 Å². The van der Waals surface area contributed by atoms with Crippen molar-refractivity contribution in [3.8, 4) is 5.75 Å². The van der Waals surface area contributed by atoms with Gasteiger partial charge in [0.2, 0.25) is 0 Å². The molecular weight excluding hydrogens is 388 g/mol. The summed E-state index contributed by atoms with van der Waals surface area (Å²) in [5.74, 6) is -0.104. The number of para-hydroxylation sites is 2. The molecule has 6 nitrogen and oxygen atoms in total. The van der Waals surface area contributed by atoms with E-state index in [1.165, 1.54) is 12.1 Å². The maximum atomic E-state index is 12.2. The van der Waals surface area contributed by atoms with E-state index in [0.717, 1.165) is 5.56 Å². The third-order valence-corrected chi connectivity index (χ3v) is 5.53. The molecule has 3 aromatic carbocycles. The van der Waals surface area contributed by atoms with E-state index >= 15 is 0 Å². The van der Waals surface area contributed by atoms with Crippen LogP contribution in [0.15, 0.2) is 94.2 Å². The minimum absolute atomic E-state index is 0.141. The van der Waals surface area contributed by atoms with Crippen LogP contribution in [0.3, 0.4) is 0 Å². The first-order valence-electron chi connectivity index (χ1n) is 8.78. The van der Waals surface area contributed by atoms with Gasteiger partial charge in [-0.2, -0.15) is 8.42 Å². The molecule has 0 bridgehead atoms. The zero-order chi connectivity index (χ0) is 20.3. The van der Waals surface area contributed by atoms with Gasteiger partial charge in [-0.05, 0) is 35.9 Å². The van der Waals surface area contributed by atoms with Gasteiger partial charge in [0.15, 0.2) is 11.6 Å². The molecule has 0 amide bonds. The molecule has 0 saturated carbocycles. The fraction of sp³-hybridized carbons (Fsp3) is 0. The van der Waals surface area contributed by atoms with Gasteiger partial charge in [-0.1, -0.05) is 54.6 Å². The standard InChI is InChI=1S/C22H16N2O4S/c25-21(15-14-16-8-2-1-3-9-16)28-19-12-6-5-11-18(19)23-22-17-10-4-7-13-20(17)29(26,27)24-22/h1-15H,(H,23,24)/b15-14+. The Morgan fingerprint density at radius 2 is 1.59 bits per heavy atom. The fourth-order valence-corrected chi connectivity index (χ4v) is 4.03. The van der Waals surface area contributed by atoms with Gasteiger partial charge < -0.3 is 10.1 Å². The molecule has 0 saturated heterocycles. The van der Waals surface area contributed by atoms with E-state index in [1.807, 2.05) is 30.3 Å². The number of sulfonamides is 1. The van der Waals surface area contributed by atoms with Crippen molar-refractivity contribution in [2.45, 2.75) is 4.90 Å². The van der Waals surface area contributed by atoms with E-state index in [4.69, 9.17) is 4.74 Å². The minimum Gasteiger partial charge on any atom is -0.421 e. The van der Waals surface area contributed by atoms with Crippen LogP contribution in [0.5, 0.6) is 5.75 Å². The molecule has 4 rings (SSSR count). The summed E-state index contributed by atoms with van der Waals surface area (Å²) in [6, 6.07) is 22.7. The van der Waals surface area contributed by atoms with Crippen molar-refractivity contribution in [1.29, 1.82) is 0 Å². The summed E-state index contributed by atoms with van der Waals surface area (Å²) < 4.78 is 33.7. The second-order valence-corrected chi connectivity index (χ2v) is 7.77.